The molecule has 0 radical (unpaired) electrons. The third-order valence-corrected chi connectivity index (χ3v) is 4.63. The minimum atomic E-state index is 0.786. The largest absolute Gasteiger partial charge is 0.313 e. The summed E-state index contributed by atoms with van der Waals surface area (Å²) in [5.74, 6) is 0. The molecule has 0 saturated heterocycles. The molecule has 1 aliphatic carbocycles. The maximum atomic E-state index is 3.49. The summed E-state index contributed by atoms with van der Waals surface area (Å²) in [7, 11) is 2.30. The highest BCUT2D eigenvalue weighted by Crippen LogP contribution is 2.22. The van der Waals surface area contributed by atoms with Crippen molar-refractivity contribution in [3.05, 3.63) is 35.4 Å². The Morgan fingerprint density at radius 2 is 1.81 bits per heavy atom. The Morgan fingerprint density at radius 3 is 2.52 bits per heavy atom. The van der Waals surface area contributed by atoms with E-state index in [0.29, 0.717) is 0 Å². The standard InChI is InChI=1S/C19H32N2/c1-3-13-20-15-17-9-8-10-18(14-17)16-21(2)19-11-6-4-5-7-12-19/h8-10,14,19-20H,3-7,11-13,15-16H2,1-2H3. The van der Waals surface area contributed by atoms with Gasteiger partial charge < -0.3 is 5.32 Å². The van der Waals surface area contributed by atoms with Crippen LogP contribution in [0.2, 0.25) is 0 Å². The monoisotopic (exact) mass is 288 g/mol. The molecule has 1 aromatic carbocycles. The van der Waals surface area contributed by atoms with Gasteiger partial charge in [-0.05, 0) is 44.0 Å². The molecule has 0 spiro atoms. The third kappa shape index (κ3) is 5.80. The summed E-state index contributed by atoms with van der Waals surface area (Å²) in [4.78, 5) is 2.57. The fraction of sp³-hybridized carbons (Fsp3) is 0.684. The first-order valence-corrected chi connectivity index (χ1v) is 8.78. The van der Waals surface area contributed by atoms with Crippen LogP contribution in [0.25, 0.3) is 0 Å². The summed E-state index contributed by atoms with van der Waals surface area (Å²) < 4.78 is 0. The van der Waals surface area contributed by atoms with E-state index in [9.17, 15) is 0 Å². The molecule has 118 valence electrons. The summed E-state index contributed by atoms with van der Waals surface area (Å²) in [6.07, 6.45) is 9.66. The predicted octanol–water partition coefficient (Wildman–Crippen LogP) is 4.34. The minimum Gasteiger partial charge on any atom is -0.313 e. The SMILES string of the molecule is CCCNCc1cccc(CN(C)C2CCCCCC2)c1. The predicted molar refractivity (Wildman–Crippen MR) is 91.4 cm³/mol. The highest BCUT2D eigenvalue weighted by molar-refractivity contribution is 5.23. The lowest BCUT2D eigenvalue weighted by Crippen LogP contribution is -2.30. The van der Waals surface area contributed by atoms with Crippen molar-refractivity contribution < 1.29 is 0 Å². The van der Waals surface area contributed by atoms with E-state index in [1.54, 1.807) is 0 Å². The van der Waals surface area contributed by atoms with E-state index in [1.165, 1.54) is 56.1 Å². The van der Waals surface area contributed by atoms with Gasteiger partial charge in [-0.3, -0.25) is 4.90 Å². The van der Waals surface area contributed by atoms with Crippen molar-refractivity contribution in [2.45, 2.75) is 71.0 Å². The lowest BCUT2D eigenvalue weighted by Gasteiger charge is -2.27. The van der Waals surface area contributed by atoms with E-state index in [1.807, 2.05) is 0 Å². The Kier molecular flexibility index (Phi) is 7.25. The molecule has 1 aromatic rings. The summed E-state index contributed by atoms with van der Waals surface area (Å²) in [5, 5.41) is 3.49. The van der Waals surface area contributed by atoms with Crippen LogP contribution in [0.5, 0.6) is 0 Å². The molecule has 1 fully saturated rings. The van der Waals surface area contributed by atoms with Gasteiger partial charge in [0.2, 0.25) is 0 Å². The maximum absolute atomic E-state index is 3.49. The van der Waals surface area contributed by atoms with Crippen molar-refractivity contribution in [1.82, 2.24) is 10.2 Å². The maximum Gasteiger partial charge on any atom is 0.0233 e. The van der Waals surface area contributed by atoms with Gasteiger partial charge in [0.25, 0.3) is 0 Å². The van der Waals surface area contributed by atoms with Gasteiger partial charge in [0, 0.05) is 19.1 Å². The molecule has 0 bridgehead atoms. The van der Waals surface area contributed by atoms with E-state index in [4.69, 9.17) is 0 Å². The number of nitrogens with one attached hydrogen (secondary N) is 1. The van der Waals surface area contributed by atoms with Gasteiger partial charge in [0.15, 0.2) is 0 Å². The summed E-state index contributed by atoms with van der Waals surface area (Å²) in [6, 6.07) is 9.87. The van der Waals surface area contributed by atoms with Crippen molar-refractivity contribution in [2.75, 3.05) is 13.6 Å². The molecule has 21 heavy (non-hydrogen) atoms. The molecule has 1 saturated carbocycles. The summed E-state index contributed by atoms with van der Waals surface area (Å²) >= 11 is 0. The van der Waals surface area contributed by atoms with Gasteiger partial charge in [-0.1, -0.05) is 56.9 Å². The summed E-state index contributed by atoms with van der Waals surface area (Å²) in [5.41, 5.74) is 2.87. The molecular weight excluding hydrogens is 256 g/mol. The van der Waals surface area contributed by atoms with E-state index < -0.39 is 0 Å². The topological polar surface area (TPSA) is 15.3 Å². The van der Waals surface area contributed by atoms with E-state index in [2.05, 4.69) is 48.5 Å². The number of hydrogen-bond donors (Lipinski definition) is 1. The second-order valence-electron chi connectivity index (χ2n) is 6.56. The van der Waals surface area contributed by atoms with Crippen LogP contribution in [-0.2, 0) is 13.1 Å². The van der Waals surface area contributed by atoms with Gasteiger partial charge in [-0.25, -0.2) is 0 Å². The van der Waals surface area contributed by atoms with Crippen molar-refractivity contribution >= 4 is 0 Å². The molecule has 0 unspecified atom stereocenters. The van der Waals surface area contributed by atoms with Crippen LogP contribution < -0.4 is 5.32 Å². The zero-order valence-corrected chi connectivity index (χ0v) is 13.9. The Labute approximate surface area is 130 Å². The molecule has 2 heteroatoms. The van der Waals surface area contributed by atoms with Crippen molar-refractivity contribution in [2.24, 2.45) is 0 Å². The first-order chi connectivity index (χ1) is 10.3. The highest BCUT2D eigenvalue weighted by atomic mass is 15.1. The Bertz CT molecular complexity index is 394. The van der Waals surface area contributed by atoms with Crippen molar-refractivity contribution in [3.8, 4) is 0 Å². The molecule has 0 atom stereocenters. The second-order valence-corrected chi connectivity index (χ2v) is 6.56. The first-order valence-electron chi connectivity index (χ1n) is 8.78. The minimum absolute atomic E-state index is 0.786. The average molecular weight is 288 g/mol. The molecule has 2 nitrogen and oxygen atoms in total. The van der Waals surface area contributed by atoms with Gasteiger partial charge in [0.1, 0.15) is 0 Å². The van der Waals surface area contributed by atoms with Crippen LogP contribution in [0.3, 0.4) is 0 Å². The van der Waals surface area contributed by atoms with Crippen LogP contribution in [0.1, 0.15) is 63.0 Å². The molecular formula is C19H32N2. The third-order valence-electron chi connectivity index (χ3n) is 4.63. The fourth-order valence-electron chi connectivity index (χ4n) is 3.36. The van der Waals surface area contributed by atoms with Crippen LogP contribution in [0.15, 0.2) is 24.3 Å². The Hall–Kier alpha value is -0.860. The van der Waals surface area contributed by atoms with Gasteiger partial charge in [-0.15, -0.1) is 0 Å². The molecule has 0 heterocycles. The zero-order valence-electron chi connectivity index (χ0n) is 13.9. The van der Waals surface area contributed by atoms with Crippen LogP contribution >= 0.6 is 0 Å². The lowest BCUT2D eigenvalue weighted by molar-refractivity contribution is 0.213. The van der Waals surface area contributed by atoms with E-state index in [0.717, 1.165) is 25.7 Å². The smallest absolute Gasteiger partial charge is 0.0233 e. The van der Waals surface area contributed by atoms with Gasteiger partial charge in [0.05, 0.1) is 0 Å². The molecule has 0 amide bonds. The second kappa shape index (κ2) is 9.22. The van der Waals surface area contributed by atoms with Crippen LogP contribution in [0, 0.1) is 0 Å². The average Bonchev–Trinajstić information content (AvgIpc) is 2.77. The summed E-state index contributed by atoms with van der Waals surface area (Å²) in [6.45, 7) is 5.40. The van der Waals surface area contributed by atoms with Gasteiger partial charge in [-0.2, -0.15) is 0 Å². The number of rotatable bonds is 7. The molecule has 2 rings (SSSR count). The molecule has 1 N–H and O–H groups in total. The van der Waals surface area contributed by atoms with Gasteiger partial charge >= 0.3 is 0 Å². The Balaban J connectivity index is 1.87. The quantitative estimate of drug-likeness (QED) is 0.593. The van der Waals surface area contributed by atoms with Crippen LogP contribution in [0.4, 0.5) is 0 Å². The number of benzene rings is 1. The molecule has 1 aliphatic rings. The van der Waals surface area contributed by atoms with Crippen molar-refractivity contribution in [3.63, 3.8) is 0 Å². The fourth-order valence-corrected chi connectivity index (χ4v) is 3.36. The lowest BCUT2D eigenvalue weighted by atomic mass is 10.1. The normalized spacial score (nSPS) is 17.1. The van der Waals surface area contributed by atoms with E-state index in [-0.39, 0.29) is 0 Å². The molecule has 0 aromatic heterocycles. The molecule has 0 aliphatic heterocycles. The highest BCUT2D eigenvalue weighted by Gasteiger charge is 2.16. The van der Waals surface area contributed by atoms with Crippen molar-refractivity contribution in [1.29, 1.82) is 0 Å². The van der Waals surface area contributed by atoms with E-state index >= 15 is 0 Å². The zero-order chi connectivity index (χ0) is 14.9. The number of hydrogen-bond acceptors (Lipinski definition) is 2. The number of nitrogens with zero attached hydrogens (tertiary/aromatic N) is 1. The Morgan fingerprint density at radius 1 is 1.10 bits per heavy atom. The first kappa shape index (κ1) is 16.5. The van der Waals surface area contributed by atoms with Crippen LogP contribution in [-0.4, -0.2) is 24.5 Å².